The fourth-order valence-electron chi connectivity index (χ4n) is 2.28. The first-order valence-electron chi connectivity index (χ1n) is 8.19. The van der Waals surface area contributed by atoms with E-state index in [1.54, 1.807) is 12.1 Å². The second kappa shape index (κ2) is 9.15. The second-order valence-corrected chi connectivity index (χ2v) is 7.42. The van der Waals surface area contributed by atoms with Crippen LogP contribution in [0, 0.1) is 6.92 Å². The van der Waals surface area contributed by atoms with Crippen LogP contribution in [0.4, 0.5) is 0 Å². The Morgan fingerprint density at radius 1 is 1.04 bits per heavy atom. The molecule has 0 aromatic heterocycles. The molecule has 2 aromatic rings. The Balaban J connectivity index is 2.18. The van der Waals surface area contributed by atoms with E-state index >= 15 is 0 Å². The smallest absolute Gasteiger partial charge is 0.305 e. The van der Waals surface area contributed by atoms with Gasteiger partial charge in [0.1, 0.15) is 0 Å². The first kappa shape index (κ1) is 19.7. The predicted octanol–water partition coefficient (Wildman–Crippen LogP) is 3.02. The maximum Gasteiger partial charge on any atom is 0.305 e. The number of aryl methyl sites for hydroxylation is 1. The number of benzene rings is 2. The lowest BCUT2D eigenvalue weighted by Gasteiger charge is -2.09. The van der Waals surface area contributed by atoms with Gasteiger partial charge in [-0.2, -0.15) is 18.4 Å². The fourth-order valence-corrected chi connectivity index (χ4v) is 3.11. The molecule has 1 N–H and O–H groups in total. The predicted molar refractivity (Wildman–Crippen MR) is 100 cm³/mol. The van der Waals surface area contributed by atoms with Crippen molar-refractivity contribution >= 4 is 21.7 Å². The molecule has 0 spiro atoms. The van der Waals surface area contributed by atoms with Gasteiger partial charge in [-0.3, -0.25) is 4.79 Å². The highest BCUT2D eigenvalue weighted by Crippen LogP contribution is 2.12. The zero-order valence-corrected chi connectivity index (χ0v) is 15.6. The second-order valence-electron chi connectivity index (χ2n) is 5.76. The lowest BCUT2D eigenvalue weighted by atomic mass is 10.0. The van der Waals surface area contributed by atoms with E-state index in [2.05, 4.69) is 14.7 Å². The van der Waals surface area contributed by atoms with Gasteiger partial charge in [0.25, 0.3) is 10.0 Å². The van der Waals surface area contributed by atoms with Crippen LogP contribution in [0.15, 0.2) is 64.6 Å². The average molecular weight is 374 g/mol. The molecule has 0 heterocycles. The van der Waals surface area contributed by atoms with Crippen LogP contribution >= 0.6 is 0 Å². The van der Waals surface area contributed by atoms with Gasteiger partial charge in [-0.05, 0) is 37.5 Å². The van der Waals surface area contributed by atoms with Gasteiger partial charge >= 0.3 is 5.97 Å². The molecule has 7 heteroatoms. The van der Waals surface area contributed by atoms with Crippen molar-refractivity contribution in [2.75, 3.05) is 7.11 Å². The summed E-state index contributed by atoms with van der Waals surface area (Å²) in [6.45, 7) is 1.89. The van der Waals surface area contributed by atoms with Crippen molar-refractivity contribution in [2.24, 2.45) is 5.10 Å². The highest BCUT2D eigenvalue weighted by molar-refractivity contribution is 7.89. The molecule has 0 radical (unpaired) electrons. The third-order valence-corrected chi connectivity index (χ3v) is 4.99. The van der Waals surface area contributed by atoms with Crippen LogP contribution in [0.3, 0.4) is 0 Å². The fraction of sp³-hybridized carbons (Fsp3) is 0.263. The van der Waals surface area contributed by atoms with Gasteiger partial charge < -0.3 is 4.74 Å². The normalized spacial score (nSPS) is 11.8. The largest absolute Gasteiger partial charge is 0.469 e. The maximum absolute atomic E-state index is 12.4. The van der Waals surface area contributed by atoms with Crippen LogP contribution in [-0.4, -0.2) is 27.2 Å². The quantitative estimate of drug-likeness (QED) is 0.437. The maximum atomic E-state index is 12.4. The minimum absolute atomic E-state index is 0.147. The molecule has 0 unspecified atom stereocenters. The van der Waals surface area contributed by atoms with E-state index in [0.717, 1.165) is 11.1 Å². The highest BCUT2D eigenvalue weighted by atomic mass is 32.2. The Bertz CT molecular complexity index is 860. The van der Waals surface area contributed by atoms with Crippen LogP contribution in [0.1, 0.15) is 30.4 Å². The van der Waals surface area contributed by atoms with Crippen molar-refractivity contribution in [1.29, 1.82) is 0 Å². The summed E-state index contributed by atoms with van der Waals surface area (Å²) in [6.07, 6.45) is 1.19. The average Bonchev–Trinajstić information content (AvgIpc) is 2.65. The van der Waals surface area contributed by atoms with Crippen molar-refractivity contribution < 1.29 is 17.9 Å². The number of hydrazone groups is 1. The summed E-state index contributed by atoms with van der Waals surface area (Å²) in [7, 11) is -2.42. The van der Waals surface area contributed by atoms with Gasteiger partial charge in [0.05, 0.1) is 17.7 Å². The molecule has 0 fully saturated rings. The number of carbonyl (C=O) groups excluding carboxylic acids is 1. The molecule has 2 rings (SSSR count). The van der Waals surface area contributed by atoms with Crippen molar-refractivity contribution in [3.63, 3.8) is 0 Å². The summed E-state index contributed by atoms with van der Waals surface area (Å²) in [4.78, 5) is 13.7. The molecule has 0 saturated heterocycles. The van der Waals surface area contributed by atoms with Crippen molar-refractivity contribution in [3.05, 3.63) is 65.7 Å². The molecular weight excluding hydrogens is 352 g/mol. The first-order valence-corrected chi connectivity index (χ1v) is 9.68. The van der Waals surface area contributed by atoms with Crippen LogP contribution in [-0.2, 0) is 19.6 Å². The molecule has 138 valence electrons. The van der Waals surface area contributed by atoms with Crippen LogP contribution in [0.5, 0.6) is 0 Å². The number of hydrogen-bond donors (Lipinski definition) is 1. The van der Waals surface area contributed by atoms with E-state index < -0.39 is 10.0 Å². The van der Waals surface area contributed by atoms with Gasteiger partial charge in [0, 0.05) is 6.42 Å². The van der Waals surface area contributed by atoms with E-state index in [4.69, 9.17) is 0 Å². The minimum atomic E-state index is -3.76. The van der Waals surface area contributed by atoms with Gasteiger partial charge in [-0.15, -0.1) is 0 Å². The molecular formula is C19H22N2O4S. The van der Waals surface area contributed by atoms with Crippen LogP contribution in [0.25, 0.3) is 0 Å². The summed E-state index contributed by atoms with van der Waals surface area (Å²) in [6, 6.07) is 15.8. The molecule has 0 aliphatic rings. The number of rotatable bonds is 8. The molecule has 0 amide bonds. The SMILES string of the molecule is COC(=O)CCC/C(=N\NS(=O)(=O)c1ccc(C)cc1)c1ccccc1. The minimum Gasteiger partial charge on any atom is -0.469 e. The van der Waals surface area contributed by atoms with Crippen molar-refractivity contribution in [2.45, 2.75) is 31.1 Å². The van der Waals surface area contributed by atoms with Gasteiger partial charge in [-0.1, -0.05) is 48.0 Å². The third kappa shape index (κ3) is 5.70. The number of carbonyl (C=O) groups is 1. The van der Waals surface area contributed by atoms with E-state index in [-0.39, 0.29) is 17.3 Å². The number of sulfonamides is 1. The number of nitrogens with one attached hydrogen (secondary N) is 1. The molecule has 6 nitrogen and oxygen atoms in total. The van der Waals surface area contributed by atoms with Crippen molar-refractivity contribution in [1.82, 2.24) is 4.83 Å². The molecule has 2 aromatic carbocycles. The Morgan fingerprint density at radius 3 is 2.31 bits per heavy atom. The molecule has 0 aliphatic carbocycles. The van der Waals surface area contributed by atoms with Crippen LogP contribution < -0.4 is 4.83 Å². The summed E-state index contributed by atoms with van der Waals surface area (Å²) in [5.41, 5.74) is 2.33. The number of nitrogens with zero attached hydrogens (tertiary/aromatic N) is 1. The Labute approximate surface area is 153 Å². The molecule has 0 atom stereocenters. The summed E-state index contributed by atoms with van der Waals surface area (Å²) >= 11 is 0. The highest BCUT2D eigenvalue weighted by Gasteiger charge is 2.14. The Kier molecular flexibility index (Phi) is 6.91. The Hall–Kier alpha value is -2.67. The number of hydrogen-bond acceptors (Lipinski definition) is 5. The van der Waals surface area contributed by atoms with Crippen molar-refractivity contribution in [3.8, 4) is 0 Å². The third-order valence-electron chi connectivity index (χ3n) is 3.76. The van der Waals surface area contributed by atoms with E-state index in [0.29, 0.717) is 18.6 Å². The van der Waals surface area contributed by atoms with Crippen LogP contribution in [0.2, 0.25) is 0 Å². The van der Waals surface area contributed by atoms with Gasteiger partial charge in [0.15, 0.2) is 0 Å². The Morgan fingerprint density at radius 2 is 1.69 bits per heavy atom. The van der Waals surface area contributed by atoms with Gasteiger partial charge in [-0.25, -0.2) is 0 Å². The molecule has 0 saturated carbocycles. The lowest BCUT2D eigenvalue weighted by Crippen LogP contribution is -2.21. The summed E-state index contributed by atoms with van der Waals surface area (Å²) in [5.74, 6) is -0.308. The monoisotopic (exact) mass is 374 g/mol. The standard InChI is InChI=1S/C19H22N2O4S/c1-15-11-13-17(14-12-15)26(23,24)21-20-18(9-6-10-19(22)25-2)16-7-4-3-5-8-16/h3-5,7-8,11-14,21H,6,9-10H2,1-2H3/b20-18+. The number of methoxy groups -OCH3 is 1. The number of ether oxygens (including phenoxy) is 1. The lowest BCUT2D eigenvalue weighted by molar-refractivity contribution is -0.140. The summed E-state index contributed by atoms with van der Waals surface area (Å²) < 4.78 is 29.5. The summed E-state index contributed by atoms with van der Waals surface area (Å²) in [5, 5.41) is 4.11. The van der Waals surface area contributed by atoms with E-state index in [9.17, 15) is 13.2 Å². The zero-order chi connectivity index (χ0) is 19.0. The van der Waals surface area contributed by atoms with E-state index in [1.165, 1.54) is 19.2 Å². The zero-order valence-electron chi connectivity index (χ0n) is 14.8. The van der Waals surface area contributed by atoms with Gasteiger partial charge in [0.2, 0.25) is 0 Å². The molecule has 0 aliphatic heterocycles. The number of esters is 1. The first-order chi connectivity index (χ1) is 12.4. The molecule has 26 heavy (non-hydrogen) atoms. The van der Waals surface area contributed by atoms with E-state index in [1.807, 2.05) is 37.3 Å². The topological polar surface area (TPSA) is 84.8 Å². The molecule has 0 bridgehead atoms.